The number of fused-ring (bicyclic) bond motifs is 1. The summed E-state index contributed by atoms with van der Waals surface area (Å²) >= 11 is 0. The van der Waals surface area contributed by atoms with Gasteiger partial charge < -0.3 is 20.5 Å². The molecule has 0 saturated carbocycles. The van der Waals surface area contributed by atoms with Crippen molar-refractivity contribution in [3.05, 3.63) is 12.3 Å². The molecule has 3 rings (SSSR count). The molecule has 1 aromatic heterocycles. The molecule has 2 saturated heterocycles. The molecule has 1 aromatic rings. The highest BCUT2D eigenvalue weighted by molar-refractivity contribution is 5.77. The molecule has 0 aliphatic carbocycles. The zero-order valence-corrected chi connectivity index (χ0v) is 14.7. The molecule has 3 N–H and O–H groups in total. The van der Waals surface area contributed by atoms with Crippen molar-refractivity contribution in [2.75, 3.05) is 50.5 Å². The second kappa shape index (κ2) is 7.53. The lowest BCUT2D eigenvalue weighted by Gasteiger charge is -2.53. The highest BCUT2D eigenvalue weighted by Crippen LogP contribution is 2.42. The Hall–Kier alpha value is -1.93. The lowest BCUT2D eigenvalue weighted by Crippen LogP contribution is -2.64. The quantitative estimate of drug-likeness (QED) is 0.728. The van der Waals surface area contributed by atoms with E-state index in [0.29, 0.717) is 31.3 Å². The van der Waals surface area contributed by atoms with E-state index in [2.05, 4.69) is 14.9 Å². The number of carbonyl (C=O) groups is 1. The van der Waals surface area contributed by atoms with Crippen LogP contribution in [0.4, 0.5) is 11.8 Å². The predicted octanol–water partition coefficient (Wildman–Crippen LogP) is 0.841. The third-order valence-electron chi connectivity index (χ3n) is 5.46. The molecule has 0 bridgehead atoms. The van der Waals surface area contributed by atoms with Gasteiger partial charge in [-0.15, -0.1) is 0 Å². The molecule has 3 heterocycles. The Kier molecular flexibility index (Phi) is 5.39. The first-order valence-electron chi connectivity index (χ1n) is 8.87. The van der Waals surface area contributed by atoms with E-state index >= 15 is 0 Å². The van der Waals surface area contributed by atoms with E-state index < -0.39 is 11.4 Å². The van der Waals surface area contributed by atoms with Gasteiger partial charge in [-0.3, -0.25) is 9.69 Å². The topological polar surface area (TPSA) is 105 Å². The number of methoxy groups -OCH3 is 1. The first kappa shape index (κ1) is 17.9. The number of hydrogen-bond acceptors (Lipinski definition) is 7. The standard InChI is InChI=1S/C17H27N5O3/c1-25-11-3-9-21-8-2-6-17(15(23)24)12-22(10-5-13(17)21)16-19-7-4-14(18)20-16/h4,7,13H,2-3,5-6,8-12H2,1H3,(H,23,24)(H2,18,19,20)/t13-,17+/m1/s1. The van der Waals surface area contributed by atoms with Gasteiger partial charge in [-0.05, 0) is 38.3 Å². The smallest absolute Gasteiger partial charge is 0.313 e. The third-order valence-corrected chi connectivity index (χ3v) is 5.46. The van der Waals surface area contributed by atoms with Gasteiger partial charge in [0.1, 0.15) is 11.2 Å². The molecule has 2 aliphatic heterocycles. The second-order valence-corrected chi connectivity index (χ2v) is 6.95. The van der Waals surface area contributed by atoms with Gasteiger partial charge in [-0.2, -0.15) is 4.98 Å². The molecule has 25 heavy (non-hydrogen) atoms. The molecular weight excluding hydrogens is 322 g/mol. The largest absolute Gasteiger partial charge is 0.481 e. The summed E-state index contributed by atoms with van der Waals surface area (Å²) in [6.07, 6.45) is 4.91. The summed E-state index contributed by atoms with van der Waals surface area (Å²) in [4.78, 5) is 25.2. The van der Waals surface area contributed by atoms with E-state index in [4.69, 9.17) is 10.5 Å². The van der Waals surface area contributed by atoms with Crippen LogP contribution in [-0.4, -0.2) is 71.9 Å². The minimum atomic E-state index is -0.780. The molecule has 0 radical (unpaired) electrons. The normalized spacial score (nSPS) is 27.1. The molecule has 138 valence electrons. The number of nitrogens with zero attached hydrogens (tertiary/aromatic N) is 4. The number of likely N-dealkylation sites (tertiary alicyclic amines) is 1. The van der Waals surface area contributed by atoms with Crippen LogP contribution in [0.1, 0.15) is 25.7 Å². The van der Waals surface area contributed by atoms with Crippen molar-refractivity contribution in [3.63, 3.8) is 0 Å². The lowest BCUT2D eigenvalue weighted by atomic mass is 9.69. The van der Waals surface area contributed by atoms with E-state index in [1.165, 1.54) is 0 Å². The number of aliphatic carboxylic acids is 1. The molecule has 8 heteroatoms. The lowest BCUT2D eigenvalue weighted by molar-refractivity contribution is -0.158. The number of nitrogen functional groups attached to an aromatic ring is 1. The molecule has 0 unspecified atom stereocenters. The molecule has 0 spiro atoms. The molecule has 0 aromatic carbocycles. The predicted molar refractivity (Wildman–Crippen MR) is 94.4 cm³/mol. The van der Waals surface area contributed by atoms with Gasteiger partial charge in [-0.1, -0.05) is 0 Å². The summed E-state index contributed by atoms with van der Waals surface area (Å²) in [7, 11) is 1.70. The number of piperidine rings is 2. The number of rotatable bonds is 6. The second-order valence-electron chi connectivity index (χ2n) is 6.95. The fraction of sp³-hybridized carbons (Fsp3) is 0.706. The zero-order chi connectivity index (χ0) is 17.9. The SMILES string of the molecule is COCCCN1CCC[C@]2(C(=O)O)CN(c3nccc(N)n3)CC[C@@H]12. The van der Waals surface area contributed by atoms with Crippen LogP contribution in [0.5, 0.6) is 0 Å². The average Bonchev–Trinajstić information content (AvgIpc) is 2.61. The van der Waals surface area contributed by atoms with Crippen molar-refractivity contribution >= 4 is 17.7 Å². The molecule has 8 nitrogen and oxygen atoms in total. The average molecular weight is 349 g/mol. The number of carboxylic acid groups (broad SMARTS) is 1. The van der Waals surface area contributed by atoms with Gasteiger partial charge in [0.15, 0.2) is 0 Å². The Morgan fingerprint density at radius 2 is 2.36 bits per heavy atom. The number of hydrogen-bond donors (Lipinski definition) is 2. The Morgan fingerprint density at radius 3 is 3.08 bits per heavy atom. The summed E-state index contributed by atoms with van der Waals surface area (Å²) in [5.74, 6) is 0.208. The zero-order valence-electron chi connectivity index (χ0n) is 14.7. The van der Waals surface area contributed by atoms with Crippen molar-refractivity contribution in [2.45, 2.75) is 31.7 Å². The van der Waals surface area contributed by atoms with Crippen LogP contribution in [0.15, 0.2) is 12.3 Å². The molecule has 2 aliphatic rings. The van der Waals surface area contributed by atoms with Gasteiger partial charge in [-0.25, -0.2) is 4.98 Å². The summed E-state index contributed by atoms with van der Waals surface area (Å²) in [5, 5.41) is 10.1. The molecule has 2 fully saturated rings. The van der Waals surface area contributed by atoms with Crippen LogP contribution in [0.2, 0.25) is 0 Å². The summed E-state index contributed by atoms with van der Waals surface area (Å²) in [6.45, 7) is 3.70. The van der Waals surface area contributed by atoms with Crippen LogP contribution in [0.25, 0.3) is 0 Å². The van der Waals surface area contributed by atoms with E-state index in [1.54, 1.807) is 19.4 Å². The fourth-order valence-electron chi connectivity index (χ4n) is 4.29. The number of carboxylic acids is 1. The highest BCUT2D eigenvalue weighted by Gasteiger charge is 2.53. The van der Waals surface area contributed by atoms with E-state index in [9.17, 15) is 9.90 Å². The Labute approximate surface area is 148 Å². The van der Waals surface area contributed by atoms with Crippen LogP contribution >= 0.6 is 0 Å². The Bertz CT molecular complexity index is 614. The molecule has 0 amide bonds. The minimum Gasteiger partial charge on any atom is -0.481 e. The third kappa shape index (κ3) is 3.55. The van der Waals surface area contributed by atoms with Crippen LogP contribution in [0, 0.1) is 5.41 Å². The van der Waals surface area contributed by atoms with Crippen LogP contribution in [-0.2, 0) is 9.53 Å². The van der Waals surface area contributed by atoms with Crippen molar-refractivity contribution in [1.82, 2.24) is 14.9 Å². The summed E-state index contributed by atoms with van der Waals surface area (Å²) < 4.78 is 5.15. The van der Waals surface area contributed by atoms with Crippen LogP contribution in [0.3, 0.4) is 0 Å². The number of ether oxygens (including phenoxy) is 1. The monoisotopic (exact) mass is 349 g/mol. The Balaban J connectivity index is 1.80. The molecule has 2 atom stereocenters. The van der Waals surface area contributed by atoms with Gasteiger partial charge in [0.05, 0.1) is 0 Å². The van der Waals surface area contributed by atoms with Crippen molar-refractivity contribution in [1.29, 1.82) is 0 Å². The fourth-order valence-corrected chi connectivity index (χ4v) is 4.29. The van der Waals surface area contributed by atoms with E-state index in [-0.39, 0.29) is 6.04 Å². The van der Waals surface area contributed by atoms with Crippen LogP contribution < -0.4 is 10.6 Å². The van der Waals surface area contributed by atoms with Gasteiger partial charge in [0.2, 0.25) is 5.95 Å². The first-order chi connectivity index (χ1) is 12.1. The van der Waals surface area contributed by atoms with Crippen molar-refractivity contribution < 1.29 is 14.6 Å². The maximum Gasteiger partial charge on any atom is 0.313 e. The number of anilines is 2. The number of aromatic nitrogens is 2. The van der Waals surface area contributed by atoms with E-state index in [1.807, 2.05) is 4.90 Å². The summed E-state index contributed by atoms with van der Waals surface area (Å²) in [5.41, 5.74) is 4.99. The van der Waals surface area contributed by atoms with Crippen molar-refractivity contribution in [3.8, 4) is 0 Å². The molecular formula is C17H27N5O3. The first-order valence-corrected chi connectivity index (χ1v) is 8.87. The maximum absolute atomic E-state index is 12.3. The van der Waals surface area contributed by atoms with Gasteiger partial charge in [0.25, 0.3) is 0 Å². The maximum atomic E-state index is 12.3. The number of nitrogens with two attached hydrogens (primary N) is 1. The van der Waals surface area contributed by atoms with E-state index in [0.717, 1.165) is 38.9 Å². The highest BCUT2D eigenvalue weighted by atomic mass is 16.5. The van der Waals surface area contributed by atoms with Gasteiger partial charge >= 0.3 is 5.97 Å². The van der Waals surface area contributed by atoms with Crippen molar-refractivity contribution in [2.24, 2.45) is 5.41 Å². The summed E-state index contributed by atoms with van der Waals surface area (Å²) in [6, 6.07) is 1.69. The Morgan fingerprint density at radius 1 is 1.52 bits per heavy atom. The van der Waals surface area contributed by atoms with Gasteiger partial charge in [0, 0.05) is 45.6 Å². The minimum absolute atomic E-state index is 0.0490.